The Kier molecular flexibility index (Phi) is 6.11. The number of rotatable bonds is 6. The third-order valence-electron chi connectivity index (χ3n) is 4.48. The first-order valence-electron chi connectivity index (χ1n) is 8.27. The van der Waals surface area contributed by atoms with Crippen molar-refractivity contribution >= 4 is 0 Å². The second kappa shape index (κ2) is 7.91. The van der Waals surface area contributed by atoms with Crippen LogP contribution in [0.4, 0.5) is 13.2 Å². The number of likely N-dealkylation sites (N-methyl/N-ethyl adjacent to an activating group) is 1. The maximum Gasteiger partial charge on any atom is 0.416 e. The zero-order valence-electron chi connectivity index (χ0n) is 15.0. The van der Waals surface area contributed by atoms with Crippen LogP contribution in [0, 0.1) is 0 Å². The molecule has 0 heterocycles. The monoisotopic (exact) mass is 351 g/mol. The van der Waals surface area contributed by atoms with E-state index in [1.165, 1.54) is 12.1 Å². The first-order valence-corrected chi connectivity index (χ1v) is 8.27. The van der Waals surface area contributed by atoms with Gasteiger partial charge in [0, 0.05) is 6.04 Å². The summed E-state index contributed by atoms with van der Waals surface area (Å²) in [6, 6.07) is 11.4. The average Bonchev–Trinajstić information content (AvgIpc) is 2.58. The van der Waals surface area contributed by atoms with Gasteiger partial charge in [0.1, 0.15) is 5.75 Å². The Balaban J connectivity index is 2.35. The minimum atomic E-state index is -4.32. The quantitative estimate of drug-likeness (QED) is 0.703. The number of alkyl halides is 3. The molecule has 5 heteroatoms. The number of hydrogen-bond donors (Lipinski definition) is 0. The summed E-state index contributed by atoms with van der Waals surface area (Å²) in [5.74, 6) is 0.802. The lowest BCUT2D eigenvalue weighted by molar-refractivity contribution is -0.137. The number of hydrogen-bond acceptors (Lipinski definition) is 2. The summed E-state index contributed by atoms with van der Waals surface area (Å²) in [6.07, 6.45) is -2.49. The van der Waals surface area contributed by atoms with Gasteiger partial charge >= 0.3 is 6.18 Å². The van der Waals surface area contributed by atoms with Gasteiger partial charge in [-0.05, 0) is 67.9 Å². The van der Waals surface area contributed by atoms with Gasteiger partial charge in [-0.2, -0.15) is 13.2 Å². The Hall–Kier alpha value is -2.01. The highest BCUT2D eigenvalue weighted by molar-refractivity contribution is 5.66. The van der Waals surface area contributed by atoms with Crippen LogP contribution < -0.4 is 4.74 Å². The number of methoxy groups -OCH3 is 1. The fourth-order valence-corrected chi connectivity index (χ4v) is 2.92. The summed E-state index contributed by atoms with van der Waals surface area (Å²) < 4.78 is 43.6. The van der Waals surface area contributed by atoms with E-state index in [4.69, 9.17) is 4.74 Å². The van der Waals surface area contributed by atoms with Crippen molar-refractivity contribution in [2.45, 2.75) is 32.0 Å². The average molecular weight is 351 g/mol. The highest BCUT2D eigenvalue weighted by Gasteiger charge is 2.30. The van der Waals surface area contributed by atoms with Crippen LogP contribution in [0.2, 0.25) is 0 Å². The van der Waals surface area contributed by atoms with Crippen LogP contribution >= 0.6 is 0 Å². The van der Waals surface area contributed by atoms with Gasteiger partial charge in [0.05, 0.1) is 12.7 Å². The van der Waals surface area contributed by atoms with Gasteiger partial charge in [-0.25, -0.2) is 0 Å². The number of nitrogens with zero attached hydrogens (tertiary/aromatic N) is 1. The van der Waals surface area contributed by atoms with Crippen LogP contribution in [0.5, 0.6) is 5.75 Å². The van der Waals surface area contributed by atoms with Crippen molar-refractivity contribution in [3.63, 3.8) is 0 Å². The largest absolute Gasteiger partial charge is 0.496 e. The van der Waals surface area contributed by atoms with Gasteiger partial charge < -0.3 is 9.64 Å². The van der Waals surface area contributed by atoms with E-state index < -0.39 is 11.7 Å². The molecule has 0 amide bonds. The smallest absolute Gasteiger partial charge is 0.416 e. The van der Waals surface area contributed by atoms with Crippen molar-refractivity contribution in [1.82, 2.24) is 4.90 Å². The Bertz CT molecular complexity index is 693. The van der Waals surface area contributed by atoms with E-state index in [1.54, 1.807) is 7.11 Å². The van der Waals surface area contributed by atoms with Crippen molar-refractivity contribution in [1.29, 1.82) is 0 Å². The highest BCUT2D eigenvalue weighted by Crippen LogP contribution is 2.32. The van der Waals surface area contributed by atoms with Crippen molar-refractivity contribution < 1.29 is 17.9 Å². The molecule has 0 aromatic heterocycles. The number of ether oxygens (including phenoxy) is 1. The fourth-order valence-electron chi connectivity index (χ4n) is 2.92. The van der Waals surface area contributed by atoms with Crippen LogP contribution in [0.25, 0.3) is 11.1 Å². The highest BCUT2D eigenvalue weighted by atomic mass is 19.4. The molecule has 0 aliphatic rings. The molecule has 0 bridgehead atoms. The minimum absolute atomic E-state index is 0.372. The normalized spacial score (nSPS) is 13.1. The van der Waals surface area contributed by atoms with E-state index in [0.29, 0.717) is 6.04 Å². The zero-order valence-corrected chi connectivity index (χ0v) is 15.0. The van der Waals surface area contributed by atoms with Crippen molar-refractivity contribution in [2.75, 3.05) is 21.2 Å². The second-order valence-electron chi connectivity index (χ2n) is 6.33. The maximum atomic E-state index is 12.7. The van der Waals surface area contributed by atoms with Crippen molar-refractivity contribution in [2.24, 2.45) is 0 Å². The molecule has 0 saturated carbocycles. The topological polar surface area (TPSA) is 12.5 Å². The summed E-state index contributed by atoms with van der Waals surface area (Å²) in [4.78, 5) is 2.17. The Morgan fingerprint density at radius 1 is 1.00 bits per heavy atom. The first-order chi connectivity index (χ1) is 11.8. The van der Waals surface area contributed by atoms with E-state index in [9.17, 15) is 13.2 Å². The summed E-state index contributed by atoms with van der Waals surface area (Å²) in [5, 5.41) is 0. The lowest BCUT2D eigenvalue weighted by Gasteiger charge is -2.24. The molecule has 2 rings (SSSR count). The number of benzene rings is 2. The SMILES string of the molecule is CCC(Cc1cc(-c2ccc(C(F)(F)F)cc2)ccc1OC)N(C)C. The molecule has 0 spiro atoms. The Morgan fingerprint density at radius 3 is 2.08 bits per heavy atom. The standard InChI is InChI=1S/C20H24F3NO/c1-5-18(24(2)3)13-16-12-15(8-11-19(16)25-4)14-6-9-17(10-7-14)20(21,22)23/h6-12,18H,5,13H2,1-4H3. The summed E-state index contributed by atoms with van der Waals surface area (Å²) in [5.41, 5.74) is 2.07. The predicted octanol–water partition coefficient (Wildman–Crippen LogP) is 5.26. The summed E-state index contributed by atoms with van der Waals surface area (Å²) in [6.45, 7) is 2.14. The molecule has 136 valence electrons. The molecule has 25 heavy (non-hydrogen) atoms. The van der Waals surface area contributed by atoms with Crippen LogP contribution in [0.1, 0.15) is 24.5 Å². The van der Waals surface area contributed by atoms with E-state index in [1.807, 2.05) is 32.3 Å². The van der Waals surface area contributed by atoms with Gasteiger partial charge in [0.2, 0.25) is 0 Å². The van der Waals surface area contributed by atoms with Crippen LogP contribution in [-0.2, 0) is 12.6 Å². The molecule has 0 saturated heterocycles. The van der Waals surface area contributed by atoms with Gasteiger partial charge in [-0.1, -0.05) is 25.1 Å². The van der Waals surface area contributed by atoms with Gasteiger partial charge in [0.25, 0.3) is 0 Å². The van der Waals surface area contributed by atoms with Gasteiger partial charge in [-0.15, -0.1) is 0 Å². The van der Waals surface area contributed by atoms with Crippen LogP contribution in [0.15, 0.2) is 42.5 Å². The van der Waals surface area contributed by atoms with E-state index in [2.05, 4.69) is 11.8 Å². The molecule has 0 fully saturated rings. The first kappa shape index (κ1) is 19.3. The lowest BCUT2D eigenvalue weighted by atomic mass is 9.96. The maximum absolute atomic E-state index is 12.7. The van der Waals surface area contributed by atoms with E-state index in [0.717, 1.165) is 47.4 Å². The van der Waals surface area contributed by atoms with Crippen molar-refractivity contribution in [3.8, 4) is 16.9 Å². The molecule has 1 atom stereocenters. The van der Waals surface area contributed by atoms with Crippen LogP contribution in [-0.4, -0.2) is 32.1 Å². The minimum Gasteiger partial charge on any atom is -0.496 e. The molecular formula is C20H24F3NO. The van der Waals surface area contributed by atoms with Crippen molar-refractivity contribution in [3.05, 3.63) is 53.6 Å². The Labute approximate surface area is 147 Å². The van der Waals surface area contributed by atoms with Gasteiger partial charge in [0.15, 0.2) is 0 Å². The number of halogens is 3. The fraction of sp³-hybridized carbons (Fsp3) is 0.400. The molecule has 0 radical (unpaired) electrons. The molecule has 0 aliphatic heterocycles. The summed E-state index contributed by atoms with van der Waals surface area (Å²) in [7, 11) is 5.72. The third kappa shape index (κ3) is 4.75. The lowest BCUT2D eigenvalue weighted by Crippen LogP contribution is -2.29. The predicted molar refractivity (Wildman–Crippen MR) is 94.9 cm³/mol. The molecular weight excluding hydrogens is 327 g/mol. The molecule has 1 unspecified atom stereocenters. The Morgan fingerprint density at radius 2 is 1.60 bits per heavy atom. The molecule has 0 N–H and O–H groups in total. The molecule has 2 nitrogen and oxygen atoms in total. The molecule has 2 aromatic rings. The summed E-state index contributed by atoms with van der Waals surface area (Å²) >= 11 is 0. The second-order valence-corrected chi connectivity index (χ2v) is 6.33. The van der Waals surface area contributed by atoms with Crippen LogP contribution in [0.3, 0.4) is 0 Å². The molecule has 0 aliphatic carbocycles. The molecule has 2 aromatic carbocycles. The zero-order chi connectivity index (χ0) is 18.6. The van der Waals surface area contributed by atoms with E-state index in [-0.39, 0.29) is 0 Å². The third-order valence-corrected chi connectivity index (χ3v) is 4.48. The van der Waals surface area contributed by atoms with Gasteiger partial charge in [-0.3, -0.25) is 0 Å². The van der Waals surface area contributed by atoms with E-state index >= 15 is 0 Å².